The standard InChI is InChI=1S/C36H43O10P.C32H36O8P.C14H23O9P.C5H10O3.C2HCl3O2.C2H3N.CH4.6Ba.6H/c1-5-32-34(21-23-41-32)46-47(38,43-24-19-26(2)37)44-25-35-33(20-22-42-35)45-36(27-9-7-6-8-10-27,28-11-15-30(39-3)16-12-28)29-13-17-31(40-4)18-14-29;1-4-28-30(19-21-36-28)40-41(33)38-22-31-29(18-20-37-31)39-32(23-8-6-5-7-9-23,24-10-14-26(34-2)15-11-24)25-12-16-27(35-3)17-13-25;1-10(16)2-7-21-24(18,22-9-14-11(17)3-5-20-14)23-12-4-6-19-13(12)8-15;1-2-8-5(7)3-4-6;3-2(4,5)1(6)7;1-2-3;;;;;;;;;;;;;/h6-18,22-23,32-35H,5,19-21,24-25H2,1-4H3;5-17,20-21,28-31H,4,18-19,22H2,1-3H3;5-6,11-15,17H,2-4,7-9H2,1H3;6H,2-4H2,1H3;(H,6,7);1H3;1H4;;;;;;;;;;;;/q-2;-1;-2;;;;;6*+2;6*-1/t32-,33-,34-,35-,47+;28-,29-,30-,31-;11-,12-,13-,14-,24+;;;;;;;;;;;;;;;;/m111................/s1. The number of halogens is 3. The zero-order chi connectivity index (χ0) is 94.7. The first-order valence-electron chi connectivity index (χ1n) is 41.9. The number of aliphatic carboxylic acids is 1. The van der Waals surface area contributed by atoms with Gasteiger partial charge < -0.3 is 90.6 Å². The zero-order valence-electron chi connectivity index (χ0n) is 84.2. The van der Waals surface area contributed by atoms with E-state index >= 15 is 0 Å². The number of phosphoric ester groups is 2. The molecule has 6 aromatic rings. The molecular weight excluding hydrogens is 2650 g/mol. The summed E-state index contributed by atoms with van der Waals surface area (Å²) in [6.07, 6.45) is -1.79. The second kappa shape index (κ2) is 75.2. The number of hydrogen-bond donors (Lipinski definition) is 4. The normalized spacial score (nSPS) is 21.5. The van der Waals surface area contributed by atoms with E-state index in [1.54, 1.807) is 67.9 Å². The van der Waals surface area contributed by atoms with Gasteiger partial charge in [0.15, 0.2) is 0 Å². The summed E-state index contributed by atoms with van der Waals surface area (Å²) in [5.41, 5.74) is 3.31. The zero-order valence-corrected chi connectivity index (χ0v) is 110. The molecule has 4 N–H and O–H groups in total. The number of esters is 1. The minimum absolute atomic E-state index is 0. The molecular formula is C92H126Ba6Cl3NO32P3+. The molecule has 6 heterocycles. The number of alkyl halides is 3. The molecule has 0 spiro atoms. The Labute approximate surface area is 1070 Å². The molecule has 0 bridgehead atoms. The number of nitrogens with zero attached hydrogens (tertiary/aromatic N) is 1. The monoisotopic (exact) mass is 2780 g/mol. The smallest absolute Gasteiger partial charge is 1.00 e. The fourth-order valence-electron chi connectivity index (χ4n) is 13.6. The maximum absolute atomic E-state index is 14.0. The van der Waals surface area contributed by atoms with Crippen LogP contribution >= 0.6 is 58.7 Å². The number of ether oxygens (including phenoxy) is 13. The second-order valence-corrected chi connectivity index (χ2v) is 35.6. The van der Waals surface area contributed by atoms with Crippen molar-refractivity contribution in [1.29, 1.82) is 5.26 Å². The number of rotatable bonds is 43. The number of ketones is 2. The van der Waals surface area contributed by atoms with Crippen LogP contribution in [0.1, 0.15) is 162 Å². The van der Waals surface area contributed by atoms with Crippen LogP contribution in [0.5, 0.6) is 23.0 Å². The Balaban J connectivity index is -0.000000352. The number of carboxylic acid groups (broad SMARTS) is 1. The molecule has 6 fully saturated rings. The molecule has 45 heteroatoms. The molecule has 12 rings (SSSR count). The molecule has 6 aromatic carbocycles. The third kappa shape index (κ3) is 46.5. The molecule has 0 amide bonds. The van der Waals surface area contributed by atoms with E-state index in [4.69, 9.17) is 143 Å². The quantitative estimate of drug-likeness (QED) is 0.00690. The van der Waals surface area contributed by atoms with Crippen LogP contribution in [0.15, 0.2) is 158 Å². The summed E-state index contributed by atoms with van der Waals surface area (Å²) in [5, 5.41) is 42.2. The van der Waals surface area contributed by atoms with Gasteiger partial charge in [-0.05, 0) is 116 Å². The summed E-state index contributed by atoms with van der Waals surface area (Å²) in [6.45, 7) is 19.0. The van der Waals surface area contributed by atoms with Crippen LogP contribution in [0.3, 0.4) is 0 Å². The second-order valence-electron chi connectivity index (χ2n) is 29.2. The number of methoxy groups -OCH3 is 4. The number of carbonyl (C=O) groups is 4. The minimum Gasteiger partial charge on any atom is -1.00 e. The molecule has 15 atom stereocenters. The number of Topliss-reactive ketones (excluding diaryl/α,β-unsaturated/α-hetero) is 2. The number of aliphatic hydroxyl groups excluding tert-OH is 3. The third-order valence-electron chi connectivity index (χ3n) is 20.3. The van der Waals surface area contributed by atoms with E-state index in [0.29, 0.717) is 63.1 Å². The molecule has 0 aliphatic carbocycles. The van der Waals surface area contributed by atoms with Gasteiger partial charge in [0.2, 0.25) is 0 Å². The predicted molar refractivity (Wildman–Crippen MR) is 524 cm³/mol. The van der Waals surface area contributed by atoms with E-state index in [0.717, 1.165) is 51.3 Å². The van der Waals surface area contributed by atoms with Crippen LogP contribution in [0, 0.1) is 51.0 Å². The molecule has 6 aliphatic heterocycles. The topological polar surface area (TPSA) is 418 Å². The number of carbonyl (C=O) groups excluding carboxylic acids is 3. The van der Waals surface area contributed by atoms with Crippen LogP contribution in [0.25, 0.3) is 0 Å². The van der Waals surface area contributed by atoms with Gasteiger partial charge in [0.05, 0.1) is 148 Å². The fourth-order valence-corrected chi connectivity index (χ4v) is 17.1. The van der Waals surface area contributed by atoms with Crippen LogP contribution in [-0.2, 0) is 123 Å². The van der Waals surface area contributed by atoms with E-state index in [1.807, 2.05) is 159 Å². The van der Waals surface area contributed by atoms with Gasteiger partial charge in [0, 0.05) is 30.4 Å². The van der Waals surface area contributed by atoms with Crippen molar-refractivity contribution in [3.8, 4) is 29.1 Å². The first-order chi connectivity index (χ1) is 62.5. The van der Waals surface area contributed by atoms with Crippen molar-refractivity contribution in [1.82, 2.24) is 0 Å². The van der Waals surface area contributed by atoms with Gasteiger partial charge in [0.1, 0.15) is 58.5 Å². The van der Waals surface area contributed by atoms with Crippen molar-refractivity contribution in [3.63, 3.8) is 0 Å². The molecule has 6 aliphatic rings. The maximum Gasteiger partial charge on any atom is 2.00 e. The summed E-state index contributed by atoms with van der Waals surface area (Å²) in [6, 6.07) is 53.0. The molecule has 33 nitrogen and oxygen atoms in total. The van der Waals surface area contributed by atoms with Gasteiger partial charge in [-0.1, -0.05) is 165 Å². The SMILES string of the molecule is C.CC#N.CC(=O)CCO[P@@](=O)(OC[C@H]1O[CH-]C[C@H]1O)O[C@@H]1C[CH-]O[C@@H]1CO.CCOC(=O)CCO.CC[C@H]1O[CH-]C[C@H]1O[P+](=O)OC[C@H]1O[CH-]C[C@H]1OC(c1ccccc1)(c1ccc(OC)cc1)c1ccc(OC)cc1.CC[C@H]1O[CH-]C[C@H]1O[P@@](=O)(OCCC(C)=O)OC[C@H]1O[CH-]C[C@H]1OC(c1ccccc1)(c1ccc(OC)cc1)c1ccc(OC)cc1.O=C(O)C(Cl)(Cl)Cl.[Ba+2].[Ba+2].[Ba+2].[Ba+2].[Ba+2].[Ba+2].[H-].[H-].[H-].[H-].[H-].[H-]. The summed E-state index contributed by atoms with van der Waals surface area (Å²) in [4.78, 5) is 42.5. The van der Waals surface area contributed by atoms with Crippen molar-refractivity contribution in [2.45, 2.75) is 208 Å². The van der Waals surface area contributed by atoms with Gasteiger partial charge in [-0.3, -0.25) is 41.5 Å². The number of nitriles is 1. The Morgan fingerprint density at radius 1 is 0.474 bits per heavy atom. The average molecular weight is 2780 g/mol. The van der Waals surface area contributed by atoms with Crippen molar-refractivity contribution < 1.29 is 160 Å². The first-order valence-corrected chi connectivity index (χ1v) is 47.1. The molecule has 0 aromatic heterocycles. The number of benzene rings is 6. The molecule has 6 saturated heterocycles. The Kier molecular flexibility index (Phi) is 76.5. The van der Waals surface area contributed by atoms with Gasteiger partial charge in [-0.25, -0.2) is 53.6 Å². The van der Waals surface area contributed by atoms with E-state index in [2.05, 4.69) is 16.9 Å². The van der Waals surface area contributed by atoms with E-state index in [9.17, 15) is 43.1 Å². The van der Waals surface area contributed by atoms with Gasteiger partial charge in [-0.2, -0.15) is 5.26 Å². The van der Waals surface area contributed by atoms with Crippen LogP contribution < -0.4 is 18.9 Å². The number of hydrogen-bond acceptors (Lipinski definition) is 32. The van der Waals surface area contributed by atoms with Crippen molar-refractivity contribution >= 4 is 375 Å². The number of carboxylic acids is 1. The maximum atomic E-state index is 14.0. The van der Waals surface area contributed by atoms with E-state index < -0.39 is 99.8 Å². The van der Waals surface area contributed by atoms with Gasteiger partial charge in [-0.15, -0.1) is 47.6 Å². The predicted octanol–water partition coefficient (Wildman–Crippen LogP) is 15.6. The van der Waals surface area contributed by atoms with E-state index in [-0.39, 0.29) is 411 Å². The van der Waals surface area contributed by atoms with Crippen LogP contribution in [-0.4, -0.2) is 496 Å². The minimum atomic E-state index is -4.13. The summed E-state index contributed by atoms with van der Waals surface area (Å²) >= 11 is 14.4. The Hall–Kier alpha value is 2.39. The van der Waals surface area contributed by atoms with Crippen molar-refractivity contribution in [3.05, 3.63) is 231 Å². The number of phosphoric acid groups is 2. The summed E-state index contributed by atoms with van der Waals surface area (Å²) < 4.78 is 156. The summed E-state index contributed by atoms with van der Waals surface area (Å²) in [5.74, 6) is 0.888. The Morgan fingerprint density at radius 2 is 0.781 bits per heavy atom. The molecule has 0 saturated carbocycles. The van der Waals surface area contributed by atoms with Gasteiger partial charge >= 0.3 is 329 Å². The summed E-state index contributed by atoms with van der Waals surface area (Å²) in [7, 11) is -3.97. The van der Waals surface area contributed by atoms with Crippen LogP contribution in [0.4, 0.5) is 0 Å². The molecule has 1 unspecified atom stereocenters. The Morgan fingerprint density at radius 3 is 1.10 bits per heavy atom. The number of aliphatic hydroxyl groups is 3. The van der Waals surface area contributed by atoms with Crippen LogP contribution in [0.2, 0.25) is 0 Å². The molecule has 738 valence electrons. The van der Waals surface area contributed by atoms with Crippen molar-refractivity contribution in [2.75, 3.05) is 81.3 Å². The van der Waals surface area contributed by atoms with Gasteiger partial charge in [0.25, 0.3) is 3.79 Å². The molecule has 137 heavy (non-hydrogen) atoms. The van der Waals surface area contributed by atoms with E-state index in [1.165, 1.54) is 34.0 Å². The largest absolute Gasteiger partial charge is 2.00 e. The fraction of sp³-hybridized carbons (Fsp3) is 0.489. The third-order valence-corrected chi connectivity index (χ3v) is 24.5. The average Bonchev–Trinajstić information content (AvgIpc) is 1.53. The Bertz CT molecular complexity index is 4440. The first kappa shape index (κ1) is 139. The molecule has 0 radical (unpaired) electrons. The van der Waals surface area contributed by atoms with Crippen molar-refractivity contribution in [2.24, 2.45) is 0 Å².